The van der Waals surface area contributed by atoms with Crippen LogP contribution >= 0.6 is 0 Å². The molecule has 0 radical (unpaired) electrons. The topological polar surface area (TPSA) is 118 Å². The highest BCUT2D eigenvalue weighted by molar-refractivity contribution is 6.05. The predicted octanol–water partition coefficient (Wildman–Crippen LogP) is 3.51. The van der Waals surface area contributed by atoms with Gasteiger partial charge in [-0.1, -0.05) is 6.07 Å². The summed E-state index contributed by atoms with van der Waals surface area (Å²) in [6.45, 7) is 10.0. The zero-order chi connectivity index (χ0) is 31.5. The number of benzene rings is 1. The van der Waals surface area contributed by atoms with Crippen molar-refractivity contribution in [2.75, 3.05) is 32.8 Å². The van der Waals surface area contributed by atoms with E-state index in [0.717, 1.165) is 69.3 Å². The number of amides is 4. The monoisotopic (exact) mass is 622 g/mol. The molecule has 45 heavy (non-hydrogen) atoms. The number of carbonyl (C=O) groups is 4. The van der Waals surface area contributed by atoms with Gasteiger partial charge in [0.1, 0.15) is 17.4 Å². The van der Waals surface area contributed by atoms with Crippen LogP contribution < -0.4 is 10.1 Å². The lowest BCUT2D eigenvalue weighted by molar-refractivity contribution is -0.136. The number of nitrogens with one attached hydrogen (secondary N) is 1. The summed E-state index contributed by atoms with van der Waals surface area (Å²) in [5.41, 5.74) is 2.16. The van der Waals surface area contributed by atoms with Crippen molar-refractivity contribution in [3.63, 3.8) is 0 Å². The molecular formula is C34H46N4O7. The van der Waals surface area contributed by atoms with Gasteiger partial charge in [0, 0.05) is 47.7 Å². The van der Waals surface area contributed by atoms with Gasteiger partial charge >= 0.3 is 6.09 Å². The van der Waals surface area contributed by atoms with E-state index in [9.17, 15) is 19.2 Å². The summed E-state index contributed by atoms with van der Waals surface area (Å²) in [6, 6.07) is 3.90. The molecule has 11 heteroatoms. The molecular weight excluding hydrogens is 576 g/mol. The number of nitrogens with zero attached hydrogens (tertiary/aromatic N) is 3. The molecule has 1 aliphatic carbocycles. The molecule has 0 aromatic heterocycles. The van der Waals surface area contributed by atoms with E-state index in [-0.39, 0.29) is 42.0 Å². The lowest BCUT2D eigenvalue weighted by Gasteiger charge is -2.41. The fourth-order valence-corrected chi connectivity index (χ4v) is 8.36. The fraction of sp³-hybridized carbons (Fsp3) is 0.706. The number of carbonyl (C=O) groups excluding carboxylic acids is 4. The highest BCUT2D eigenvalue weighted by Gasteiger charge is 2.48. The molecule has 7 rings (SSSR count). The summed E-state index contributed by atoms with van der Waals surface area (Å²) in [7, 11) is 0. The van der Waals surface area contributed by atoms with Gasteiger partial charge in [0.2, 0.25) is 11.8 Å². The molecule has 3 saturated heterocycles. The highest BCUT2D eigenvalue weighted by Crippen LogP contribution is 2.50. The van der Waals surface area contributed by atoms with Gasteiger partial charge in [0.05, 0.1) is 25.4 Å². The normalized spacial score (nSPS) is 28.7. The maximum Gasteiger partial charge on any atom is 0.410 e. The van der Waals surface area contributed by atoms with Gasteiger partial charge in [-0.15, -0.1) is 0 Å². The van der Waals surface area contributed by atoms with E-state index in [1.807, 2.05) is 26.8 Å². The Labute approximate surface area is 264 Å². The van der Waals surface area contributed by atoms with E-state index in [4.69, 9.17) is 14.2 Å². The molecule has 1 saturated carbocycles. The minimum absolute atomic E-state index is 0.0530. The summed E-state index contributed by atoms with van der Waals surface area (Å²) in [4.78, 5) is 55.9. The van der Waals surface area contributed by atoms with Crippen LogP contribution in [-0.2, 0) is 31.0 Å². The van der Waals surface area contributed by atoms with Crippen LogP contribution in [0.15, 0.2) is 12.1 Å². The Bertz CT molecular complexity index is 1370. The van der Waals surface area contributed by atoms with Gasteiger partial charge in [0.15, 0.2) is 0 Å². The van der Waals surface area contributed by atoms with Crippen LogP contribution in [0.4, 0.5) is 4.79 Å². The Morgan fingerprint density at radius 2 is 1.73 bits per heavy atom. The summed E-state index contributed by atoms with van der Waals surface area (Å²) in [6.07, 6.45) is 7.84. The number of ether oxygens (including phenoxy) is 3. The van der Waals surface area contributed by atoms with E-state index in [2.05, 4.69) is 16.3 Å². The Morgan fingerprint density at radius 3 is 2.44 bits per heavy atom. The number of piperidine rings is 3. The van der Waals surface area contributed by atoms with Crippen LogP contribution in [0.2, 0.25) is 0 Å². The third kappa shape index (κ3) is 5.82. The average Bonchev–Trinajstić information content (AvgIpc) is 3.70. The number of imide groups is 1. The molecule has 11 nitrogen and oxygen atoms in total. The summed E-state index contributed by atoms with van der Waals surface area (Å²) >= 11 is 0. The molecule has 1 aromatic carbocycles. The van der Waals surface area contributed by atoms with Crippen LogP contribution in [0.5, 0.6) is 5.75 Å². The number of fused-ring (bicyclic) bond motifs is 4. The van der Waals surface area contributed by atoms with Gasteiger partial charge in [0.25, 0.3) is 5.91 Å². The summed E-state index contributed by atoms with van der Waals surface area (Å²) in [5.74, 6) is -0.00246. The van der Waals surface area contributed by atoms with E-state index < -0.39 is 17.6 Å². The maximum absolute atomic E-state index is 13.3. The largest absolute Gasteiger partial charge is 0.492 e. The van der Waals surface area contributed by atoms with Gasteiger partial charge < -0.3 is 28.9 Å². The van der Waals surface area contributed by atoms with Crippen LogP contribution in [0.1, 0.15) is 100 Å². The molecule has 4 amide bonds. The minimum atomic E-state index is -0.624. The average molecular weight is 623 g/mol. The summed E-state index contributed by atoms with van der Waals surface area (Å²) in [5, 5.41) is 2.38. The van der Waals surface area contributed by atoms with Crippen molar-refractivity contribution in [1.29, 1.82) is 0 Å². The fourth-order valence-electron chi connectivity index (χ4n) is 8.36. The van der Waals surface area contributed by atoms with E-state index in [1.54, 1.807) is 9.80 Å². The van der Waals surface area contributed by atoms with Gasteiger partial charge in [-0.05, 0) is 91.3 Å². The molecule has 0 bridgehead atoms. The number of hydrogen-bond donors (Lipinski definition) is 1. The molecule has 3 atom stereocenters. The van der Waals surface area contributed by atoms with Crippen LogP contribution in [0.25, 0.3) is 0 Å². The van der Waals surface area contributed by atoms with Crippen molar-refractivity contribution < 1.29 is 33.4 Å². The van der Waals surface area contributed by atoms with Crippen molar-refractivity contribution in [3.8, 4) is 5.75 Å². The SMILES string of the molecule is CC(C)(C)OC(=O)N1CCC(O[C@@H]2CC[C@H](N3CCC4(CC3)COc3c4ccc4c3CN(C3CCC(=O)NC3=O)C4=O)C2)CC1. The number of likely N-dealkylation sites (tertiary alicyclic amines) is 2. The zero-order valence-electron chi connectivity index (χ0n) is 26.8. The first-order valence-corrected chi connectivity index (χ1v) is 16.8. The Balaban J connectivity index is 0.917. The summed E-state index contributed by atoms with van der Waals surface area (Å²) < 4.78 is 18.5. The van der Waals surface area contributed by atoms with Crippen molar-refractivity contribution >= 4 is 23.8 Å². The molecule has 4 fully saturated rings. The molecule has 244 valence electrons. The van der Waals surface area contributed by atoms with Crippen molar-refractivity contribution in [2.24, 2.45) is 0 Å². The van der Waals surface area contributed by atoms with E-state index in [1.165, 1.54) is 5.56 Å². The smallest absolute Gasteiger partial charge is 0.410 e. The quantitative estimate of drug-likeness (QED) is 0.507. The van der Waals surface area contributed by atoms with E-state index in [0.29, 0.717) is 44.3 Å². The Morgan fingerprint density at radius 1 is 0.978 bits per heavy atom. The number of hydrogen-bond acceptors (Lipinski definition) is 8. The van der Waals surface area contributed by atoms with Gasteiger partial charge in [-0.2, -0.15) is 0 Å². The van der Waals surface area contributed by atoms with Crippen LogP contribution in [0, 0.1) is 0 Å². The Kier molecular flexibility index (Phi) is 7.83. The lowest BCUT2D eigenvalue weighted by Crippen LogP contribution is -2.52. The second kappa shape index (κ2) is 11.6. The molecule has 1 spiro atoms. The number of rotatable bonds is 4. The van der Waals surface area contributed by atoms with Crippen molar-refractivity contribution in [3.05, 3.63) is 28.8 Å². The van der Waals surface area contributed by atoms with Crippen molar-refractivity contribution in [2.45, 2.75) is 120 Å². The Hall–Kier alpha value is -3.18. The molecule has 5 heterocycles. The van der Waals surface area contributed by atoms with Gasteiger partial charge in [-0.3, -0.25) is 19.7 Å². The highest BCUT2D eigenvalue weighted by atomic mass is 16.6. The second-order valence-electron chi connectivity index (χ2n) is 14.9. The molecule has 1 N–H and O–H groups in total. The first kappa shape index (κ1) is 30.5. The molecule has 1 aromatic rings. The molecule has 5 aliphatic heterocycles. The van der Waals surface area contributed by atoms with Crippen LogP contribution in [-0.4, -0.2) is 101 Å². The minimum Gasteiger partial charge on any atom is -0.492 e. The predicted molar refractivity (Wildman–Crippen MR) is 164 cm³/mol. The molecule has 1 unspecified atom stereocenters. The molecule has 6 aliphatic rings. The zero-order valence-corrected chi connectivity index (χ0v) is 26.8. The maximum atomic E-state index is 13.3. The third-order valence-corrected chi connectivity index (χ3v) is 10.8. The standard InChI is InChI=1S/C34H46N4O7/c1-33(2,3)45-32(42)37-14-10-22(11-15-37)44-23-5-4-21(18-23)36-16-12-34(13-17-36)20-43-29-25-19-38(27-8-9-28(39)35-30(27)40)31(41)24(25)6-7-26(29)34/h6-7,21-23,27H,4-5,8-20H2,1-3H3,(H,35,39,40)/t21-,23+,27?/m0/s1. The third-order valence-electron chi connectivity index (χ3n) is 10.8. The van der Waals surface area contributed by atoms with Crippen molar-refractivity contribution in [1.82, 2.24) is 20.0 Å². The first-order chi connectivity index (χ1) is 21.5. The first-order valence-electron chi connectivity index (χ1n) is 16.8. The van der Waals surface area contributed by atoms with Crippen LogP contribution in [0.3, 0.4) is 0 Å². The second-order valence-corrected chi connectivity index (χ2v) is 14.9. The van der Waals surface area contributed by atoms with Gasteiger partial charge in [-0.25, -0.2) is 4.79 Å². The lowest BCUT2D eigenvalue weighted by atomic mass is 9.73. The van der Waals surface area contributed by atoms with E-state index >= 15 is 0 Å².